The molecule has 106 valence electrons. The van der Waals surface area contributed by atoms with Crippen LogP contribution in [0.3, 0.4) is 0 Å². The van der Waals surface area contributed by atoms with E-state index in [0.29, 0.717) is 6.54 Å². The van der Waals surface area contributed by atoms with E-state index in [9.17, 15) is 4.79 Å². The third kappa shape index (κ3) is 4.13. The summed E-state index contributed by atoms with van der Waals surface area (Å²) in [5, 5.41) is 3.68. The molecule has 1 N–H and O–H groups in total. The molecular formula is C15H19N3OS. The molecule has 1 amide bonds. The average Bonchev–Trinajstić information content (AvgIpc) is 2.85. The highest BCUT2D eigenvalue weighted by atomic mass is 32.2. The van der Waals surface area contributed by atoms with Crippen LogP contribution in [0.4, 0.5) is 0 Å². The van der Waals surface area contributed by atoms with Crippen LogP contribution in [-0.2, 0) is 18.3 Å². The number of hydrogen-bond donors (Lipinski definition) is 1. The Morgan fingerprint density at radius 3 is 2.80 bits per heavy atom. The number of nitrogens with zero attached hydrogens (tertiary/aromatic N) is 2. The molecule has 2 aromatic rings. The van der Waals surface area contributed by atoms with Gasteiger partial charge in [0.25, 0.3) is 0 Å². The van der Waals surface area contributed by atoms with Crippen molar-refractivity contribution in [3.63, 3.8) is 0 Å². The third-order valence-electron chi connectivity index (χ3n) is 2.98. The van der Waals surface area contributed by atoms with Gasteiger partial charge in [-0.15, -0.1) is 0 Å². The van der Waals surface area contributed by atoms with Crippen LogP contribution >= 0.6 is 11.8 Å². The largest absolute Gasteiger partial charge is 0.355 e. The first kappa shape index (κ1) is 14.7. The van der Waals surface area contributed by atoms with Gasteiger partial charge >= 0.3 is 0 Å². The zero-order valence-corrected chi connectivity index (χ0v) is 12.6. The lowest BCUT2D eigenvalue weighted by Crippen LogP contribution is -2.32. The molecule has 20 heavy (non-hydrogen) atoms. The van der Waals surface area contributed by atoms with Gasteiger partial charge in [0.05, 0.1) is 5.25 Å². The van der Waals surface area contributed by atoms with Crippen molar-refractivity contribution in [1.82, 2.24) is 14.9 Å². The summed E-state index contributed by atoms with van der Waals surface area (Å²) in [6.45, 7) is 2.56. The van der Waals surface area contributed by atoms with Gasteiger partial charge < -0.3 is 9.88 Å². The van der Waals surface area contributed by atoms with E-state index >= 15 is 0 Å². The van der Waals surface area contributed by atoms with E-state index in [0.717, 1.165) is 11.6 Å². The number of thioether (sulfide) groups is 1. The maximum atomic E-state index is 12.0. The van der Waals surface area contributed by atoms with Gasteiger partial charge in [0.15, 0.2) is 5.16 Å². The molecule has 0 radical (unpaired) electrons. The van der Waals surface area contributed by atoms with Crippen molar-refractivity contribution in [3.05, 3.63) is 48.3 Å². The number of benzene rings is 1. The predicted octanol–water partition coefficient (Wildman–Crippen LogP) is 2.26. The van der Waals surface area contributed by atoms with Crippen LogP contribution in [0.25, 0.3) is 0 Å². The Labute approximate surface area is 123 Å². The number of aromatic nitrogens is 2. The second-order valence-electron chi connectivity index (χ2n) is 4.61. The standard InChI is InChI=1S/C15H19N3OS/c1-12(20-15-17-10-11-18(15)2)14(19)16-9-8-13-6-4-3-5-7-13/h3-7,10-12H,8-9H2,1-2H3,(H,16,19). The summed E-state index contributed by atoms with van der Waals surface area (Å²) in [7, 11) is 1.93. The van der Waals surface area contributed by atoms with Crippen LogP contribution in [0.2, 0.25) is 0 Å². The topological polar surface area (TPSA) is 46.9 Å². The molecule has 1 unspecified atom stereocenters. The van der Waals surface area contributed by atoms with Gasteiger partial charge in [0.1, 0.15) is 0 Å². The fourth-order valence-corrected chi connectivity index (χ4v) is 2.65. The van der Waals surface area contributed by atoms with E-state index < -0.39 is 0 Å². The molecule has 0 saturated heterocycles. The molecule has 0 fully saturated rings. The second kappa shape index (κ2) is 7.14. The lowest BCUT2D eigenvalue weighted by Gasteiger charge is -2.11. The Morgan fingerprint density at radius 2 is 2.15 bits per heavy atom. The van der Waals surface area contributed by atoms with Gasteiger partial charge in [-0.05, 0) is 18.9 Å². The maximum Gasteiger partial charge on any atom is 0.233 e. The summed E-state index contributed by atoms with van der Waals surface area (Å²) in [4.78, 5) is 16.2. The van der Waals surface area contributed by atoms with Crippen LogP contribution in [0.15, 0.2) is 47.9 Å². The van der Waals surface area contributed by atoms with Crippen molar-refractivity contribution < 1.29 is 4.79 Å². The Morgan fingerprint density at radius 1 is 1.40 bits per heavy atom. The van der Waals surface area contributed by atoms with Crippen LogP contribution in [-0.4, -0.2) is 27.3 Å². The minimum Gasteiger partial charge on any atom is -0.355 e. The molecule has 1 heterocycles. The molecule has 0 aliphatic carbocycles. The Bertz CT molecular complexity index is 553. The van der Waals surface area contributed by atoms with Crippen molar-refractivity contribution in [2.75, 3.05) is 6.54 Å². The molecule has 0 bridgehead atoms. The third-order valence-corrected chi connectivity index (χ3v) is 4.16. The van der Waals surface area contributed by atoms with Crippen molar-refractivity contribution >= 4 is 17.7 Å². The van der Waals surface area contributed by atoms with Gasteiger partial charge in [0, 0.05) is 26.0 Å². The van der Waals surface area contributed by atoms with Crippen molar-refractivity contribution in [2.24, 2.45) is 7.05 Å². The molecule has 5 heteroatoms. The summed E-state index contributed by atoms with van der Waals surface area (Å²) < 4.78 is 1.92. The molecule has 0 saturated carbocycles. The first-order valence-electron chi connectivity index (χ1n) is 6.62. The smallest absolute Gasteiger partial charge is 0.233 e. The van der Waals surface area contributed by atoms with Crippen molar-refractivity contribution in [2.45, 2.75) is 23.8 Å². The molecule has 4 nitrogen and oxygen atoms in total. The SMILES string of the molecule is CC(Sc1nccn1C)C(=O)NCCc1ccccc1. The fraction of sp³-hybridized carbons (Fsp3) is 0.333. The first-order chi connectivity index (χ1) is 9.66. The molecule has 0 spiro atoms. The summed E-state index contributed by atoms with van der Waals surface area (Å²) in [5.41, 5.74) is 1.23. The van der Waals surface area contributed by atoms with Gasteiger partial charge in [-0.3, -0.25) is 4.79 Å². The molecule has 2 rings (SSSR count). The van der Waals surface area contributed by atoms with Crippen LogP contribution in [0.1, 0.15) is 12.5 Å². The Balaban J connectivity index is 1.76. The number of aryl methyl sites for hydroxylation is 1. The molecule has 0 aliphatic heterocycles. The fourth-order valence-electron chi connectivity index (χ4n) is 1.80. The van der Waals surface area contributed by atoms with Crippen molar-refractivity contribution in [1.29, 1.82) is 0 Å². The predicted molar refractivity (Wildman–Crippen MR) is 81.7 cm³/mol. The van der Waals surface area contributed by atoms with Gasteiger partial charge in [-0.1, -0.05) is 42.1 Å². The van der Waals surface area contributed by atoms with Crippen LogP contribution in [0.5, 0.6) is 0 Å². The average molecular weight is 289 g/mol. The van der Waals surface area contributed by atoms with E-state index in [1.165, 1.54) is 17.3 Å². The first-order valence-corrected chi connectivity index (χ1v) is 7.50. The molecule has 1 aromatic heterocycles. The van der Waals surface area contributed by atoms with Gasteiger partial charge in [-0.2, -0.15) is 0 Å². The zero-order valence-electron chi connectivity index (χ0n) is 11.7. The van der Waals surface area contributed by atoms with E-state index in [1.807, 2.05) is 42.9 Å². The summed E-state index contributed by atoms with van der Waals surface area (Å²) in [5.74, 6) is 0.0499. The second-order valence-corrected chi connectivity index (χ2v) is 5.92. The summed E-state index contributed by atoms with van der Waals surface area (Å²) in [6, 6.07) is 10.2. The van der Waals surface area contributed by atoms with Crippen LogP contribution < -0.4 is 5.32 Å². The quantitative estimate of drug-likeness (QED) is 0.830. The number of imidazole rings is 1. The number of hydrogen-bond acceptors (Lipinski definition) is 3. The highest BCUT2D eigenvalue weighted by Gasteiger charge is 2.15. The minimum atomic E-state index is -0.146. The maximum absolute atomic E-state index is 12.0. The number of amides is 1. The van der Waals surface area contributed by atoms with Gasteiger partial charge in [-0.25, -0.2) is 4.98 Å². The highest BCUT2D eigenvalue weighted by Crippen LogP contribution is 2.20. The number of nitrogens with one attached hydrogen (secondary N) is 1. The van der Waals surface area contributed by atoms with E-state index in [-0.39, 0.29) is 11.2 Å². The Hall–Kier alpha value is -1.75. The molecule has 0 aliphatic rings. The Kier molecular flexibility index (Phi) is 5.24. The normalized spacial score (nSPS) is 12.1. The highest BCUT2D eigenvalue weighted by molar-refractivity contribution is 8.00. The van der Waals surface area contributed by atoms with Gasteiger partial charge in [0.2, 0.25) is 5.91 Å². The molecular weight excluding hydrogens is 270 g/mol. The zero-order chi connectivity index (χ0) is 14.4. The minimum absolute atomic E-state index is 0.0499. The van der Waals surface area contributed by atoms with E-state index in [4.69, 9.17) is 0 Å². The van der Waals surface area contributed by atoms with Crippen molar-refractivity contribution in [3.8, 4) is 0 Å². The summed E-state index contributed by atoms with van der Waals surface area (Å²) in [6.07, 6.45) is 4.47. The lowest BCUT2D eigenvalue weighted by atomic mass is 10.1. The number of carbonyl (C=O) groups excluding carboxylic acids is 1. The lowest BCUT2D eigenvalue weighted by molar-refractivity contribution is -0.120. The molecule has 1 aromatic carbocycles. The van der Waals surface area contributed by atoms with E-state index in [2.05, 4.69) is 22.4 Å². The number of rotatable bonds is 6. The number of carbonyl (C=O) groups is 1. The van der Waals surface area contributed by atoms with Crippen LogP contribution in [0, 0.1) is 0 Å². The molecule has 1 atom stereocenters. The van der Waals surface area contributed by atoms with E-state index in [1.54, 1.807) is 6.20 Å². The summed E-state index contributed by atoms with van der Waals surface area (Å²) >= 11 is 1.47. The monoisotopic (exact) mass is 289 g/mol.